The normalized spacial score (nSPS) is 19.2. The zero-order valence-electron chi connectivity index (χ0n) is 9.25. The first kappa shape index (κ1) is 12.0. The summed E-state index contributed by atoms with van der Waals surface area (Å²) >= 11 is 0. The molecule has 8 nitrogen and oxygen atoms in total. The van der Waals surface area contributed by atoms with Crippen LogP contribution in [0.2, 0.25) is 0 Å². The second-order valence-electron chi connectivity index (χ2n) is 3.78. The lowest BCUT2D eigenvalue weighted by molar-refractivity contribution is -0.388. The third-order valence-corrected chi connectivity index (χ3v) is 2.53. The Labute approximate surface area is 102 Å². The number of nitrogens with zero attached hydrogens (tertiary/aromatic N) is 2. The van der Waals surface area contributed by atoms with E-state index in [4.69, 9.17) is 0 Å². The molecule has 1 aliphatic heterocycles. The number of nitrogens with one attached hydrogen (secondary N) is 2. The summed E-state index contributed by atoms with van der Waals surface area (Å²) in [5.41, 5.74) is 0.164. The molecule has 1 saturated heterocycles. The summed E-state index contributed by atoms with van der Waals surface area (Å²) in [7, 11) is 0. The van der Waals surface area contributed by atoms with Crippen LogP contribution in [0.25, 0.3) is 0 Å². The molecule has 1 aromatic heterocycles. The smallest absolute Gasteiger partial charge is 0.367 e. The number of anilines is 1. The first-order chi connectivity index (χ1) is 8.58. The molecular formula is C10H10N4O4. The second-order valence-corrected chi connectivity index (χ2v) is 3.78. The number of carbonyl (C=O) groups excluding carboxylic acids is 2. The van der Waals surface area contributed by atoms with E-state index in [-0.39, 0.29) is 23.8 Å². The van der Waals surface area contributed by atoms with Gasteiger partial charge >= 0.3 is 5.82 Å². The molecule has 1 aromatic rings. The van der Waals surface area contributed by atoms with Crippen molar-refractivity contribution >= 4 is 23.3 Å². The maximum absolute atomic E-state index is 11.5. The summed E-state index contributed by atoms with van der Waals surface area (Å²) in [6.45, 7) is 0. The summed E-state index contributed by atoms with van der Waals surface area (Å²) in [5, 5.41) is 15.6. The van der Waals surface area contributed by atoms with E-state index >= 15 is 0 Å². The molecule has 8 heteroatoms. The largest absolute Gasteiger partial charge is 0.386 e. The van der Waals surface area contributed by atoms with Crippen LogP contribution in [0.4, 0.5) is 11.5 Å². The number of carbonyl (C=O) groups is 2. The molecule has 0 saturated carbocycles. The topological polar surface area (TPSA) is 114 Å². The number of aromatic nitrogens is 1. The van der Waals surface area contributed by atoms with Gasteiger partial charge in [-0.25, -0.2) is 0 Å². The Balaban J connectivity index is 2.17. The van der Waals surface area contributed by atoms with Crippen LogP contribution in [0.3, 0.4) is 0 Å². The van der Waals surface area contributed by atoms with Crippen molar-refractivity contribution < 1.29 is 14.5 Å². The highest BCUT2D eigenvalue weighted by Crippen LogP contribution is 2.22. The SMILES string of the molecule is O=C1CCC(Nc2cccnc2[N+](=O)[O-])C(=O)N1. The Bertz CT molecular complexity index is 516. The van der Waals surface area contributed by atoms with Gasteiger partial charge in [-0.2, -0.15) is 0 Å². The predicted molar refractivity (Wildman–Crippen MR) is 60.7 cm³/mol. The van der Waals surface area contributed by atoms with E-state index in [1.165, 1.54) is 18.3 Å². The third-order valence-electron chi connectivity index (χ3n) is 2.53. The zero-order chi connectivity index (χ0) is 13.1. The van der Waals surface area contributed by atoms with Gasteiger partial charge in [-0.3, -0.25) is 14.9 Å². The molecule has 2 heterocycles. The van der Waals surface area contributed by atoms with Crippen LogP contribution >= 0.6 is 0 Å². The molecule has 0 bridgehead atoms. The van der Waals surface area contributed by atoms with E-state index in [0.717, 1.165) is 0 Å². The highest BCUT2D eigenvalue weighted by atomic mass is 16.6. The molecule has 1 unspecified atom stereocenters. The first-order valence-electron chi connectivity index (χ1n) is 5.27. The summed E-state index contributed by atoms with van der Waals surface area (Å²) in [5.74, 6) is -1.16. The Morgan fingerprint density at radius 3 is 2.94 bits per heavy atom. The molecule has 1 aliphatic rings. The molecule has 2 amide bonds. The molecule has 18 heavy (non-hydrogen) atoms. The number of imide groups is 1. The van der Waals surface area contributed by atoms with Crippen molar-refractivity contribution in [2.45, 2.75) is 18.9 Å². The summed E-state index contributed by atoms with van der Waals surface area (Å²) in [4.78, 5) is 36.2. The standard InChI is InChI=1S/C10H10N4O4/c15-8-4-3-7(10(16)13-8)12-6-2-1-5-11-9(6)14(17)18/h1-2,5,7,12H,3-4H2,(H,13,15,16). The summed E-state index contributed by atoms with van der Waals surface area (Å²) in [6.07, 6.45) is 1.81. The van der Waals surface area contributed by atoms with E-state index in [1.54, 1.807) is 0 Å². The lowest BCUT2D eigenvalue weighted by Gasteiger charge is -2.22. The van der Waals surface area contributed by atoms with Crippen LogP contribution in [-0.2, 0) is 9.59 Å². The minimum Gasteiger partial charge on any atom is -0.367 e. The Morgan fingerprint density at radius 1 is 1.50 bits per heavy atom. The summed E-state index contributed by atoms with van der Waals surface area (Å²) in [6, 6.07) is 2.33. The number of pyridine rings is 1. The molecule has 0 radical (unpaired) electrons. The Hall–Kier alpha value is -2.51. The van der Waals surface area contributed by atoms with Gasteiger partial charge in [0.25, 0.3) is 0 Å². The average molecular weight is 250 g/mol. The highest BCUT2D eigenvalue weighted by molar-refractivity contribution is 6.01. The van der Waals surface area contributed by atoms with E-state index in [1.807, 2.05) is 0 Å². The predicted octanol–water partition coefficient (Wildman–Crippen LogP) is 0.207. The Morgan fingerprint density at radius 2 is 2.28 bits per heavy atom. The molecular weight excluding hydrogens is 240 g/mol. The van der Waals surface area contributed by atoms with E-state index in [0.29, 0.717) is 6.42 Å². The molecule has 1 atom stereocenters. The monoisotopic (exact) mass is 250 g/mol. The van der Waals surface area contributed by atoms with E-state index < -0.39 is 16.9 Å². The fourth-order valence-electron chi connectivity index (χ4n) is 1.67. The van der Waals surface area contributed by atoms with Crippen LogP contribution in [0.5, 0.6) is 0 Å². The van der Waals surface area contributed by atoms with Crippen molar-refractivity contribution in [3.05, 3.63) is 28.4 Å². The maximum atomic E-state index is 11.5. The quantitative estimate of drug-likeness (QED) is 0.450. The third kappa shape index (κ3) is 2.42. The van der Waals surface area contributed by atoms with Crippen LogP contribution < -0.4 is 10.6 Å². The van der Waals surface area contributed by atoms with Gasteiger partial charge in [0.2, 0.25) is 11.8 Å². The lowest BCUT2D eigenvalue weighted by Crippen LogP contribution is -2.47. The van der Waals surface area contributed by atoms with Crippen molar-refractivity contribution in [2.24, 2.45) is 0 Å². The average Bonchev–Trinajstić information content (AvgIpc) is 2.33. The number of hydrogen-bond acceptors (Lipinski definition) is 6. The van der Waals surface area contributed by atoms with Gasteiger partial charge in [-0.05, 0) is 28.5 Å². The van der Waals surface area contributed by atoms with Crippen LogP contribution in [0, 0.1) is 10.1 Å². The van der Waals surface area contributed by atoms with Gasteiger partial charge in [-0.15, -0.1) is 0 Å². The van der Waals surface area contributed by atoms with Crippen LogP contribution in [0.1, 0.15) is 12.8 Å². The van der Waals surface area contributed by atoms with Crippen molar-refractivity contribution in [3.8, 4) is 0 Å². The molecule has 2 rings (SSSR count). The first-order valence-corrected chi connectivity index (χ1v) is 5.27. The Kier molecular flexibility index (Phi) is 3.18. The van der Waals surface area contributed by atoms with Gasteiger partial charge in [0, 0.05) is 6.42 Å². The van der Waals surface area contributed by atoms with Crippen molar-refractivity contribution in [3.63, 3.8) is 0 Å². The highest BCUT2D eigenvalue weighted by Gasteiger charge is 2.28. The number of rotatable bonds is 3. The molecule has 0 aromatic carbocycles. The molecule has 1 fully saturated rings. The summed E-state index contributed by atoms with van der Waals surface area (Å²) < 4.78 is 0. The second kappa shape index (κ2) is 4.78. The van der Waals surface area contributed by atoms with E-state index in [9.17, 15) is 19.7 Å². The maximum Gasteiger partial charge on any atom is 0.386 e. The number of piperidine rings is 1. The molecule has 0 spiro atoms. The van der Waals surface area contributed by atoms with Crippen molar-refractivity contribution in [2.75, 3.05) is 5.32 Å². The lowest BCUT2D eigenvalue weighted by atomic mass is 10.1. The zero-order valence-corrected chi connectivity index (χ0v) is 9.25. The fourth-order valence-corrected chi connectivity index (χ4v) is 1.67. The number of nitro groups is 1. The van der Waals surface area contributed by atoms with Gasteiger partial charge in [0.15, 0.2) is 0 Å². The van der Waals surface area contributed by atoms with Gasteiger partial charge in [0.1, 0.15) is 17.9 Å². The van der Waals surface area contributed by atoms with Gasteiger partial charge in [0.05, 0.1) is 0 Å². The van der Waals surface area contributed by atoms with Gasteiger partial charge < -0.3 is 15.4 Å². The number of amides is 2. The fraction of sp³-hybridized carbons (Fsp3) is 0.300. The molecule has 2 N–H and O–H groups in total. The minimum absolute atomic E-state index is 0.164. The van der Waals surface area contributed by atoms with Crippen molar-refractivity contribution in [1.29, 1.82) is 0 Å². The minimum atomic E-state index is -0.661. The van der Waals surface area contributed by atoms with E-state index in [2.05, 4.69) is 15.6 Å². The number of hydrogen-bond donors (Lipinski definition) is 2. The van der Waals surface area contributed by atoms with Crippen molar-refractivity contribution in [1.82, 2.24) is 10.3 Å². The van der Waals surface area contributed by atoms with Crippen LogP contribution in [0.15, 0.2) is 18.3 Å². The molecule has 0 aliphatic carbocycles. The van der Waals surface area contributed by atoms with Gasteiger partial charge in [-0.1, -0.05) is 0 Å². The molecule has 94 valence electrons. The van der Waals surface area contributed by atoms with Crippen LogP contribution in [-0.4, -0.2) is 27.8 Å².